The molecule has 2 aromatic rings. The van der Waals surface area contributed by atoms with E-state index in [-0.39, 0.29) is 12.4 Å². The predicted octanol–water partition coefficient (Wildman–Crippen LogP) is 3.57. The predicted molar refractivity (Wildman–Crippen MR) is 88.6 cm³/mol. The summed E-state index contributed by atoms with van der Waals surface area (Å²) in [6.45, 7) is -0.124. The maximum Gasteiger partial charge on any atom is 0.343 e. The third kappa shape index (κ3) is 3.46. The molecule has 0 bridgehead atoms. The van der Waals surface area contributed by atoms with Crippen LogP contribution in [0, 0.1) is 0 Å². The van der Waals surface area contributed by atoms with Crippen LogP contribution in [-0.4, -0.2) is 25.5 Å². The van der Waals surface area contributed by atoms with Crippen LogP contribution in [0.1, 0.15) is 15.9 Å². The van der Waals surface area contributed by atoms with E-state index in [1.165, 1.54) is 18.9 Å². The Balaban J connectivity index is 1.72. The van der Waals surface area contributed by atoms with Crippen LogP contribution in [-0.2, 0) is 9.53 Å². The zero-order chi connectivity index (χ0) is 16.2. The number of thioether (sulfide) groups is 1. The van der Waals surface area contributed by atoms with Crippen molar-refractivity contribution in [2.75, 3.05) is 13.7 Å². The van der Waals surface area contributed by atoms with Crippen molar-refractivity contribution in [2.24, 2.45) is 0 Å². The first kappa shape index (κ1) is 15.4. The van der Waals surface area contributed by atoms with Crippen LogP contribution < -0.4 is 4.74 Å². The van der Waals surface area contributed by atoms with Gasteiger partial charge < -0.3 is 9.47 Å². The standard InChI is InChI=1S/C18H14O4S/c1-21-17(19)11-22-13-8-6-12(7-9-13)10-16-18(20)14-4-2-3-5-15(14)23-16/h2-10H,11H2,1H3/b16-10+. The van der Waals surface area contributed by atoms with E-state index in [1.54, 1.807) is 12.1 Å². The highest BCUT2D eigenvalue weighted by atomic mass is 32.2. The molecule has 0 N–H and O–H groups in total. The maximum atomic E-state index is 12.3. The number of ether oxygens (including phenoxy) is 2. The Morgan fingerprint density at radius 2 is 1.87 bits per heavy atom. The van der Waals surface area contributed by atoms with Gasteiger partial charge in [0.05, 0.1) is 12.0 Å². The van der Waals surface area contributed by atoms with E-state index < -0.39 is 5.97 Å². The van der Waals surface area contributed by atoms with Gasteiger partial charge >= 0.3 is 5.97 Å². The minimum Gasteiger partial charge on any atom is -0.482 e. The fourth-order valence-electron chi connectivity index (χ4n) is 2.15. The summed E-state index contributed by atoms with van der Waals surface area (Å²) in [4.78, 5) is 25.0. The molecule has 5 heteroatoms. The van der Waals surface area contributed by atoms with E-state index in [4.69, 9.17) is 4.74 Å². The van der Waals surface area contributed by atoms with Crippen molar-refractivity contribution in [1.82, 2.24) is 0 Å². The van der Waals surface area contributed by atoms with Gasteiger partial charge in [-0.05, 0) is 35.9 Å². The Morgan fingerprint density at radius 1 is 1.13 bits per heavy atom. The van der Waals surface area contributed by atoms with Gasteiger partial charge in [-0.1, -0.05) is 36.0 Å². The van der Waals surface area contributed by atoms with Gasteiger partial charge in [-0.3, -0.25) is 4.79 Å². The SMILES string of the molecule is COC(=O)COc1ccc(/C=C2/Sc3ccccc3C2=O)cc1. The Hall–Kier alpha value is -2.53. The van der Waals surface area contributed by atoms with Crippen LogP contribution in [0.5, 0.6) is 5.75 Å². The minimum absolute atomic E-state index is 0.0524. The van der Waals surface area contributed by atoms with Crippen LogP contribution in [0.25, 0.3) is 6.08 Å². The summed E-state index contributed by atoms with van der Waals surface area (Å²) in [5.74, 6) is 0.199. The number of Topliss-reactive ketones (excluding diaryl/α,β-unsaturated/α-hetero) is 1. The van der Waals surface area contributed by atoms with Crippen molar-refractivity contribution in [3.05, 3.63) is 64.6 Å². The first-order chi connectivity index (χ1) is 11.2. The van der Waals surface area contributed by atoms with Gasteiger partial charge in [0.1, 0.15) is 5.75 Å². The zero-order valence-corrected chi connectivity index (χ0v) is 13.3. The van der Waals surface area contributed by atoms with Crippen LogP contribution in [0.3, 0.4) is 0 Å². The quantitative estimate of drug-likeness (QED) is 0.635. The molecular weight excluding hydrogens is 312 g/mol. The third-order valence-electron chi connectivity index (χ3n) is 3.34. The fraction of sp³-hybridized carbons (Fsp3) is 0.111. The van der Waals surface area contributed by atoms with Crippen LogP contribution in [0.2, 0.25) is 0 Å². The van der Waals surface area contributed by atoms with Crippen molar-refractivity contribution < 1.29 is 19.1 Å². The van der Waals surface area contributed by atoms with E-state index in [9.17, 15) is 9.59 Å². The number of ketones is 1. The van der Waals surface area contributed by atoms with Crippen molar-refractivity contribution in [3.63, 3.8) is 0 Å². The molecule has 2 aromatic carbocycles. The molecule has 0 amide bonds. The Bertz CT molecular complexity index is 778. The molecule has 0 fully saturated rings. The van der Waals surface area contributed by atoms with Crippen LogP contribution in [0.15, 0.2) is 58.3 Å². The molecule has 0 saturated heterocycles. The fourth-order valence-corrected chi connectivity index (χ4v) is 3.20. The average Bonchev–Trinajstić information content (AvgIpc) is 2.90. The summed E-state index contributed by atoms with van der Waals surface area (Å²) in [5, 5.41) is 0. The van der Waals surface area contributed by atoms with E-state index in [1.807, 2.05) is 42.5 Å². The summed E-state index contributed by atoms with van der Waals surface area (Å²) in [6, 6.07) is 14.8. The van der Waals surface area contributed by atoms with Gasteiger partial charge in [0, 0.05) is 10.5 Å². The van der Waals surface area contributed by atoms with Crippen LogP contribution >= 0.6 is 11.8 Å². The Kier molecular flexibility index (Phi) is 4.48. The highest BCUT2D eigenvalue weighted by Gasteiger charge is 2.24. The zero-order valence-electron chi connectivity index (χ0n) is 12.4. The number of hydrogen-bond acceptors (Lipinski definition) is 5. The number of fused-ring (bicyclic) bond motifs is 1. The second kappa shape index (κ2) is 6.71. The summed E-state index contributed by atoms with van der Waals surface area (Å²) in [7, 11) is 1.31. The number of rotatable bonds is 4. The highest BCUT2D eigenvalue weighted by Crippen LogP contribution is 2.40. The lowest BCUT2D eigenvalue weighted by Gasteiger charge is -2.04. The lowest BCUT2D eigenvalue weighted by molar-refractivity contribution is -0.142. The van der Waals surface area contributed by atoms with Crippen molar-refractivity contribution in [2.45, 2.75) is 4.90 Å². The Labute approximate surface area is 138 Å². The monoisotopic (exact) mass is 326 g/mol. The number of hydrogen-bond donors (Lipinski definition) is 0. The van der Waals surface area contributed by atoms with Gasteiger partial charge in [0.15, 0.2) is 6.61 Å². The molecule has 0 aromatic heterocycles. The lowest BCUT2D eigenvalue weighted by atomic mass is 10.1. The number of allylic oxidation sites excluding steroid dienone is 1. The third-order valence-corrected chi connectivity index (χ3v) is 4.44. The molecule has 0 aliphatic carbocycles. The van der Waals surface area contributed by atoms with Crippen molar-refractivity contribution in [1.29, 1.82) is 0 Å². The molecule has 23 heavy (non-hydrogen) atoms. The maximum absolute atomic E-state index is 12.3. The second-order valence-corrected chi connectivity index (χ2v) is 5.95. The number of carbonyl (C=O) groups is 2. The highest BCUT2D eigenvalue weighted by molar-refractivity contribution is 8.04. The van der Waals surface area contributed by atoms with E-state index >= 15 is 0 Å². The molecule has 0 radical (unpaired) electrons. The summed E-state index contributed by atoms with van der Waals surface area (Å²) < 4.78 is 9.80. The number of methoxy groups -OCH3 is 1. The first-order valence-corrected chi connectivity index (χ1v) is 7.82. The Morgan fingerprint density at radius 3 is 2.57 bits per heavy atom. The molecule has 1 heterocycles. The molecule has 0 saturated carbocycles. The van der Waals surface area contributed by atoms with E-state index in [2.05, 4.69) is 4.74 Å². The average molecular weight is 326 g/mol. The van der Waals surface area contributed by atoms with Gasteiger partial charge in [-0.15, -0.1) is 0 Å². The normalized spacial score (nSPS) is 14.7. The number of benzene rings is 2. The summed E-state index contributed by atoms with van der Waals surface area (Å²) in [5.41, 5.74) is 1.65. The smallest absolute Gasteiger partial charge is 0.343 e. The van der Waals surface area contributed by atoms with Gasteiger partial charge in [-0.25, -0.2) is 4.79 Å². The number of carbonyl (C=O) groups excluding carboxylic acids is 2. The number of esters is 1. The molecule has 4 nitrogen and oxygen atoms in total. The first-order valence-electron chi connectivity index (χ1n) is 7.00. The van der Waals surface area contributed by atoms with Crippen LogP contribution in [0.4, 0.5) is 0 Å². The molecular formula is C18H14O4S. The van der Waals surface area contributed by atoms with Crippen molar-refractivity contribution >= 4 is 29.6 Å². The molecule has 0 atom stereocenters. The lowest BCUT2D eigenvalue weighted by Crippen LogP contribution is -2.12. The largest absolute Gasteiger partial charge is 0.482 e. The minimum atomic E-state index is -0.429. The molecule has 1 aliphatic rings. The molecule has 0 spiro atoms. The summed E-state index contributed by atoms with van der Waals surface area (Å²) in [6.07, 6.45) is 1.86. The topological polar surface area (TPSA) is 52.6 Å². The second-order valence-electron chi connectivity index (χ2n) is 4.87. The van der Waals surface area contributed by atoms with Gasteiger partial charge in [0.25, 0.3) is 0 Å². The molecule has 0 unspecified atom stereocenters. The van der Waals surface area contributed by atoms with Gasteiger partial charge in [-0.2, -0.15) is 0 Å². The van der Waals surface area contributed by atoms with E-state index in [0.29, 0.717) is 10.7 Å². The van der Waals surface area contributed by atoms with Gasteiger partial charge in [0.2, 0.25) is 5.78 Å². The molecule has 116 valence electrons. The van der Waals surface area contributed by atoms with Crippen molar-refractivity contribution in [3.8, 4) is 5.75 Å². The van der Waals surface area contributed by atoms with E-state index in [0.717, 1.165) is 16.0 Å². The molecule has 3 rings (SSSR count). The summed E-state index contributed by atoms with van der Waals surface area (Å²) >= 11 is 1.48. The molecule has 1 aliphatic heterocycles.